The average molecular weight is 424 g/mol. The molecule has 1 aliphatic rings. The van der Waals surface area contributed by atoms with Crippen LogP contribution in [0.15, 0.2) is 83.5 Å². The van der Waals surface area contributed by atoms with Crippen molar-refractivity contribution in [2.75, 3.05) is 0 Å². The maximum absolute atomic E-state index is 12.2. The van der Waals surface area contributed by atoms with Crippen molar-refractivity contribution in [2.24, 2.45) is 4.99 Å². The molecule has 0 N–H and O–H groups in total. The Morgan fingerprint density at radius 2 is 1.62 bits per heavy atom. The van der Waals surface area contributed by atoms with Gasteiger partial charge in [-0.15, -0.1) is 0 Å². The van der Waals surface area contributed by atoms with Crippen molar-refractivity contribution in [2.45, 2.75) is 6.61 Å². The van der Waals surface area contributed by atoms with Crippen LogP contribution in [-0.4, -0.2) is 11.9 Å². The smallest absolute Gasteiger partial charge is 0.363 e. The lowest BCUT2D eigenvalue weighted by atomic mass is 10.2. The number of hydrogen-bond donors (Lipinski definition) is 0. The number of aliphatic imine (C=N–C) groups is 1. The van der Waals surface area contributed by atoms with Crippen molar-refractivity contribution in [3.05, 3.63) is 105 Å². The molecule has 0 saturated carbocycles. The van der Waals surface area contributed by atoms with Gasteiger partial charge in [-0.05, 0) is 65.7 Å². The topological polar surface area (TPSA) is 47.9 Å². The number of esters is 1. The van der Waals surface area contributed by atoms with E-state index in [2.05, 4.69) is 4.99 Å². The van der Waals surface area contributed by atoms with Crippen LogP contribution in [0.25, 0.3) is 6.08 Å². The molecule has 0 spiro atoms. The average Bonchev–Trinajstić information content (AvgIpc) is 3.09. The Morgan fingerprint density at radius 3 is 2.34 bits per heavy atom. The second-order valence-corrected chi connectivity index (χ2v) is 7.20. The summed E-state index contributed by atoms with van der Waals surface area (Å²) >= 11 is 11.8. The Bertz CT molecular complexity index is 1100. The molecule has 144 valence electrons. The third kappa shape index (κ3) is 4.86. The van der Waals surface area contributed by atoms with E-state index in [1.807, 2.05) is 48.5 Å². The predicted molar refractivity (Wildman–Crippen MR) is 114 cm³/mol. The maximum atomic E-state index is 12.2. The molecule has 0 atom stereocenters. The number of carbonyl (C=O) groups is 1. The third-order valence-electron chi connectivity index (χ3n) is 4.19. The summed E-state index contributed by atoms with van der Waals surface area (Å²) in [5.74, 6) is 0.443. The van der Waals surface area contributed by atoms with Crippen LogP contribution < -0.4 is 4.74 Å². The second-order valence-electron chi connectivity index (χ2n) is 6.33. The summed E-state index contributed by atoms with van der Waals surface area (Å²) in [7, 11) is 0. The number of rotatable bonds is 5. The Balaban J connectivity index is 1.50. The summed E-state index contributed by atoms with van der Waals surface area (Å²) in [5, 5.41) is 1.29. The zero-order valence-corrected chi connectivity index (χ0v) is 16.7. The minimum atomic E-state index is -0.498. The first-order valence-corrected chi connectivity index (χ1v) is 9.58. The molecular weight excluding hydrogens is 409 g/mol. The van der Waals surface area contributed by atoms with Crippen LogP contribution in [0.5, 0.6) is 5.75 Å². The first kappa shape index (κ1) is 19.2. The van der Waals surface area contributed by atoms with Crippen LogP contribution in [0.2, 0.25) is 10.0 Å². The van der Waals surface area contributed by atoms with Crippen LogP contribution >= 0.6 is 23.2 Å². The van der Waals surface area contributed by atoms with E-state index in [0.29, 0.717) is 28.0 Å². The van der Waals surface area contributed by atoms with Crippen molar-refractivity contribution in [3.63, 3.8) is 0 Å². The molecule has 3 aromatic carbocycles. The fourth-order valence-corrected chi connectivity index (χ4v) is 2.98. The number of nitrogens with zero attached hydrogens (tertiary/aromatic N) is 1. The predicted octanol–water partition coefficient (Wildman–Crippen LogP) is 5.92. The van der Waals surface area contributed by atoms with Gasteiger partial charge in [0.15, 0.2) is 5.70 Å². The Kier molecular flexibility index (Phi) is 5.65. The number of benzene rings is 3. The molecule has 0 bridgehead atoms. The fraction of sp³-hybridized carbons (Fsp3) is 0.0435. The zero-order valence-electron chi connectivity index (χ0n) is 15.1. The van der Waals surface area contributed by atoms with Crippen LogP contribution in [0.3, 0.4) is 0 Å². The molecule has 0 radical (unpaired) electrons. The number of cyclic esters (lactones) is 1. The monoisotopic (exact) mass is 423 g/mol. The van der Waals surface area contributed by atoms with Gasteiger partial charge in [-0.2, -0.15) is 0 Å². The van der Waals surface area contributed by atoms with Gasteiger partial charge < -0.3 is 9.47 Å². The lowest BCUT2D eigenvalue weighted by molar-refractivity contribution is -0.129. The van der Waals surface area contributed by atoms with E-state index in [0.717, 1.165) is 11.1 Å². The standard InChI is InChI=1S/C23H15Cl2NO3/c24-18-8-4-15(5-9-18)14-28-20-3-1-2-16(12-20)13-21-23(27)29-22(26-21)17-6-10-19(25)11-7-17/h1-13H,14H2/b21-13-. The highest BCUT2D eigenvalue weighted by Gasteiger charge is 2.24. The molecule has 4 nitrogen and oxygen atoms in total. The summed E-state index contributed by atoms with van der Waals surface area (Å²) in [6.07, 6.45) is 1.67. The van der Waals surface area contributed by atoms with E-state index in [4.69, 9.17) is 32.7 Å². The quantitative estimate of drug-likeness (QED) is 0.378. The second kappa shape index (κ2) is 8.52. The Labute approximate surface area is 178 Å². The molecule has 4 rings (SSSR count). The number of hydrogen-bond acceptors (Lipinski definition) is 4. The van der Waals surface area contributed by atoms with Gasteiger partial charge in [-0.3, -0.25) is 0 Å². The molecule has 0 aromatic heterocycles. The highest BCUT2D eigenvalue weighted by molar-refractivity contribution is 6.31. The summed E-state index contributed by atoms with van der Waals surface area (Å²) in [5.41, 5.74) is 2.71. The summed E-state index contributed by atoms with van der Waals surface area (Å²) < 4.78 is 11.1. The lowest BCUT2D eigenvalue weighted by Gasteiger charge is -2.07. The number of halogens is 2. The molecule has 0 unspecified atom stereocenters. The molecule has 3 aromatic rings. The zero-order chi connectivity index (χ0) is 20.2. The summed E-state index contributed by atoms with van der Waals surface area (Å²) in [4.78, 5) is 16.5. The largest absolute Gasteiger partial charge is 0.489 e. The van der Waals surface area contributed by atoms with E-state index >= 15 is 0 Å². The van der Waals surface area contributed by atoms with Crippen molar-refractivity contribution in [1.29, 1.82) is 0 Å². The van der Waals surface area contributed by atoms with Gasteiger partial charge in [0.1, 0.15) is 12.4 Å². The maximum Gasteiger partial charge on any atom is 0.363 e. The highest BCUT2D eigenvalue weighted by atomic mass is 35.5. The SMILES string of the molecule is O=C1OC(c2ccc(Cl)cc2)=N/C1=C\c1cccc(OCc2ccc(Cl)cc2)c1. The van der Waals surface area contributed by atoms with Gasteiger partial charge in [-0.1, -0.05) is 47.5 Å². The van der Waals surface area contributed by atoms with Gasteiger partial charge in [0.25, 0.3) is 0 Å². The van der Waals surface area contributed by atoms with Crippen molar-refractivity contribution >= 4 is 41.1 Å². The van der Waals surface area contributed by atoms with Gasteiger partial charge in [0.05, 0.1) is 0 Å². The van der Waals surface area contributed by atoms with Crippen molar-refractivity contribution < 1.29 is 14.3 Å². The number of ether oxygens (including phenoxy) is 2. The minimum Gasteiger partial charge on any atom is -0.489 e. The van der Waals surface area contributed by atoms with Crippen LogP contribution in [0.1, 0.15) is 16.7 Å². The molecule has 6 heteroatoms. The molecule has 0 saturated heterocycles. The molecule has 0 aliphatic carbocycles. The van der Waals surface area contributed by atoms with Crippen molar-refractivity contribution in [1.82, 2.24) is 0 Å². The van der Waals surface area contributed by atoms with Crippen LogP contribution in [-0.2, 0) is 16.1 Å². The van der Waals surface area contributed by atoms with Crippen LogP contribution in [0, 0.1) is 0 Å². The normalized spacial score (nSPS) is 14.6. The minimum absolute atomic E-state index is 0.227. The van der Waals surface area contributed by atoms with Gasteiger partial charge in [-0.25, -0.2) is 9.79 Å². The van der Waals surface area contributed by atoms with Gasteiger partial charge in [0.2, 0.25) is 5.90 Å². The molecular formula is C23H15Cl2NO3. The Morgan fingerprint density at radius 1 is 0.931 bits per heavy atom. The molecule has 0 fully saturated rings. The third-order valence-corrected chi connectivity index (χ3v) is 4.70. The summed E-state index contributed by atoms with van der Waals surface area (Å²) in [6.45, 7) is 0.415. The van der Waals surface area contributed by atoms with Gasteiger partial charge in [0, 0.05) is 15.6 Å². The molecule has 29 heavy (non-hydrogen) atoms. The highest BCUT2D eigenvalue weighted by Crippen LogP contribution is 2.22. The van der Waals surface area contributed by atoms with E-state index < -0.39 is 5.97 Å². The van der Waals surface area contributed by atoms with Gasteiger partial charge >= 0.3 is 5.97 Å². The fourth-order valence-electron chi connectivity index (χ4n) is 2.72. The van der Waals surface area contributed by atoms with E-state index in [9.17, 15) is 4.79 Å². The van der Waals surface area contributed by atoms with E-state index in [1.54, 1.807) is 30.3 Å². The Hall–Kier alpha value is -3.08. The number of carbonyl (C=O) groups excluding carboxylic acids is 1. The summed E-state index contributed by atoms with van der Waals surface area (Å²) in [6, 6.07) is 21.8. The van der Waals surface area contributed by atoms with Crippen molar-refractivity contribution in [3.8, 4) is 5.75 Å². The molecule has 1 heterocycles. The molecule has 0 amide bonds. The lowest BCUT2D eigenvalue weighted by Crippen LogP contribution is -2.05. The van der Waals surface area contributed by atoms with E-state index in [1.165, 1.54) is 0 Å². The molecule has 1 aliphatic heterocycles. The van der Waals surface area contributed by atoms with E-state index in [-0.39, 0.29) is 11.6 Å². The first-order chi connectivity index (χ1) is 14.1. The first-order valence-electron chi connectivity index (χ1n) is 8.83. The van der Waals surface area contributed by atoms with Crippen LogP contribution in [0.4, 0.5) is 0 Å².